The van der Waals surface area contributed by atoms with Crippen LogP contribution in [-0.4, -0.2) is 9.97 Å². The number of nitrogens with zero attached hydrogens (tertiary/aromatic N) is 2. The van der Waals surface area contributed by atoms with Gasteiger partial charge in [0.2, 0.25) is 0 Å². The molecule has 0 N–H and O–H groups in total. The summed E-state index contributed by atoms with van der Waals surface area (Å²) in [5, 5.41) is 2.46. The van der Waals surface area contributed by atoms with Crippen molar-refractivity contribution < 1.29 is 0 Å². The molecule has 0 fully saturated rings. The van der Waals surface area contributed by atoms with Crippen LogP contribution in [0.5, 0.6) is 0 Å². The molecule has 1 heterocycles. The molecule has 7 aromatic carbocycles. The monoisotopic (exact) mass is 704 g/mol. The maximum absolute atomic E-state index is 5.08. The highest BCUT2D eigenvalue weighted by atomic mass is 14.9. The van der Waals surface area contributed by atoms with Crippen LogP contribution in [0.3, 0.4) is 0 Å². The minimum Gasteiger partial charge on any atom is -0.228 e. The third-order valence-corrected chi connectivity index (χ3v) is 11.5. The maximum atomic E-state index is 5.08. The molecule has 0 amide bonds. The van der Waals surface area contributed by atoms with E-state index in [1.165, 1.54) is 66.4 Å². The summed E-state index contributed by atoms with van der Waals surface area (Å²) >= 11 is 0. The Morgan fingerprint density at radius 3 is 1.82 bits per heavy atom. The van der Waals surface area contributed by atoms with Crippen molar-refractivity contribution in [3.8, 4) is 67.0 Å². The van der Waals surface area contributed by atoms with E-state index in [0.29, 0.717) is 0 Å². The van der Waals surface area contributed by atoms with Crippen molar-refractivity contribution in [2.45, 2.75) is 32.1 Å². The van der Waals surface area contributed by atoms with Gasteiger partial charge in [0.05, 0.1) is 11.4 Å². The second-order valence-corrected chi connectivity index (χ2v) is 15.3. The van der Waals surface area contributed by atoms with E-state index in [1.807, 2.05) is 6.07 Å². The molecule has 0 atom stereocenters. The highest BCUT2D eigenvalue weighted by molar-refractivity contribution is 5.99. The average molecular weight is 705 g/mol. The lowest BCUT2D eigenvalue weighted by Crippen LogP contribution is -2.14. The fourth-order valence-electron chi connectivity index (χ4n) is 8.55. The van der Waals surface area contributed by atoms with Crippen LogP contribution in [0.1, 0.15) is 43.6 Å². The van der Waals surface area contributed by atoms with Gasteiger partial charge in [0.15, 0.2) is 5.82 Å². The zero-order valence-corrected chi connectivity index (χ0v) is 31.1. The van der Waals surface area contributed by atoms with E-state index in [9.17, 15) is 0 Å². The van der Waals surface area contributed by atoms with Crippen LogP contribution in [0.2, 0.25) is 0 Å². The second kappa shape index (κ2) is 13.3. The van der Waals surface area contributed by atoms with Gasteiger partial charge in [-0.1, -0.05) is 172 Å². The minimum absolute atomic E-state index is 0.0281. The van der Waals surface area contributed by atoms with Crippen molar-refractivity contribution in [1.29, 1.82) is 0 Å². The van der Waals surface area contributed by atoms with Crippen molar-refractivity contribution in [3.63, 3.8) is 0 Å². The van der Waals surface area contributed by atoms with Crippen LogP contribution in [-0.2, 0) is 5.41 Å². The van der Waals surface area contributed by atoms with E-state index in [2.05, 4.69) is 190 Å². The summed E-state index contributed by atoms with van der Waals surface area (Å²) in [6, 6.07) is 59.7. The molecular formula is C53H40N2. The van der Waals surface area contributed by atoms with Gasteiger partial charge in [-0.25, -0.2) is 9.97 Å². The molecule has 2 heteroatoms. The summed E-state index contributed by atoms with van der Waals surface area (Å²) in [7, 11) is 0. The lowest BCUT2D eigenvalue weighted by atomic mass is 9.81. The molecule has 0 unspecified atom stereocenters. The minimum atomic E-state index is -0.0281. The number of hydrogen-bond donors (Lipinski definition) is 0. The highest BCUT2D eigenvalue weighted by Gasteiger charge is 2.35. The van der Waals surface area contributed by atoms with Crippen LogP contribution in [0, 0.1) is 0 Å². The van der Waals surface area contributed by atoms with Crippen molar-refractivity contribution in [2.75, 3.05) is 0 Å². The van der Waals surface area contributed by atoms with E-state index in [4.69, 9.17) is 9.97 Å². The molecule has 0 radical (unpaired) electrons. The molecule has 0 aliphatic heterocycles. The predicted octanol–water partition coefficient (Wildman–Crippen LogP) is 14.0. The molecule has 1 aromatic heterocycles. The summed E-state index contributed by atoms with van der Waals surface area (Å²) in [5.74, 6) is 0.771. The van der Waals surface area contributed by atoms with Gasteiger partial charge in [-0.2, -0.15) is 0 Å². The SMILES string of the molecule is CC1(C)c2ccccc2-c2ccc(-c3cccc(-c4ccc5cccc(-c6ccc(-c7cc(-c8ccccc8)nc(C8=CCCC=C8)n7)cc6)c5c4)c3)cc21. The van der Waals surface area contributed by atoms with Gasteiger partial charge in [0.25, 0.3) is 0 Å². The van der Waals surface area contributed by atoms with Crippen molar-refractivity contribution in [3.05, 3.63) is 199 Å². The first-order chi connectivity index (χ1) is 27.0. The molecule has 8 aromatic rings. The van der Waals surface area contributed by atoms with E-state index in [1.54, 1.807) is 0 Å². The number of rotatable bonds is 6. The lowest BCUT2D eigenvalue weighted by molar-refractivity contribution is 0.660. The number of aromatic nitrogens is 2. The third kappa shape index (κ3) is 5.91. The number of fused-ring (bicyclic) bond motifs is 4. The Hall–Kier alpha value is -6.64. The number of allylic oxidation sites excluding steroid dienone is 4. The van der Waals surface area contributed by atoms with Gasteiger partial charge in [-0.15, -0.1) is 0 Å². The van der Waals surface area contributed by atoms with E-state index < -0.39 is 0 Å². The van der Waals surface area contributed by atoms with E-state index >= 15 is 0 Å². The van der Waals surface area contributed by atoms with Gasteiger partial charge in [0.1, 0.15) is 0 Å². The summed E-state index contributed by atoms with van der Waals surface area (Å²) in [6.45, 7) is 4.69. The van der Waals surface area contributed by atoms with Gasteiger partial charge in [-0.05, 0) is 104 Å². The van der Waals surface area contributed by atoms with Crippen LogP contribution in [0.15, 0.2) is 182 Å². The van der Waals surface area contributed by atoms with Gasteiger partial charge < -0.3 is 0 Å². The maximum Gasteiger partial charge on any atom is 0.160 e. The second-order valence-electron chi connectivity index (χ2n) is 15.3. The van der Waals surface area contributed by atoms with Crippen molar-refractivity contribution in [2.24, 2.45) is 0 Å². The predicted molar refractivity (Wildman–Crippen MR) is 231 cm³/mol. The summed E-state index contributed by atoms with van der Waals surface area (Å²) in [5.41, 5.74) is 17.9. The summed E-state index contributed by atoms with van der Waals surface area (Å²) in [4.78, 5) is 10.1. The quantitative estimate of drug-likeness (QED) is 0.172. The fourth-order valence-corrected chi connectivity index (χ4v) is 8.55. The Morgan fingerprint density at radius 1 is 0.436 bits per heavy atom. The Morgan fingerprint density at radius 2 is 1.04 bits per heavy atom. The fraction of sp³-hybridized carbons (Fsp3) is 0.0943. The van der Waals surface area contributed by atoms with E-state index in [-0.39, 0.29) is 5.41 Å². The molecule has 0 spiro atoms. The Labute approximate surface area is 323 Å². The first-order valence-electron chi connectivity index (χ1n) is 19.3. The van der Waals surface area contributed by atoms with Crippen LogP contribution in [0.4, 0.5) is 0 Å². The Kier molecular flexibility index (Phi) is 7.99. The first-order valence-corrected chi connectivity index (χ1v) is 19.3. The van der Waals surface area contributed by atoms with Gasteiger partial charge in [0, 0.05) is 22.1 Å². The first kappa shape index (κ1) is 33.0. The molecular weight excluding hydrogens is 665 g/mol. The highest BCUT2D eigenvalue weighted by Crippen LogP contribution is 2.49. The van der Waals surface area contributed by atoms with Crippen molar-refractivity contribution >= 4 is 16.3 Å². The topological polar surface area (TPSA) is 25.8 Å². The number of benzene rings is 7. The third-order valence-electron chi connectivity index (χ3n) is 11.5. The lowest BCUT2D eigenvalue weighted by Gasteiger charge is -2.22. The Balaban J connectivity index is 0.990. The van der Waals surface area contributed by atoms with Crippen LogP contribution >= 0.6 is 0 Å². The zero-order chi connectivity index (χ0) is 36.9. The molecule has 2 aliphatic rings. The standard InChI is InChI=1S/C53H40N2/c1-53(2)48-22-10-9-20-45(48)46-30-29-43(33-49(46)53)41-19-11-18-40(31-41)42-28-25-35-17-12-21-44(47(35)32-42)36-23-26-38(27-24-36)51-34-50(37-13-5-3-6-14-37)54-52(55-51)39-15-7-4-8-16-39/h3,5-7,9-34H,4,8H2,1-2H3. The number of hydrogen-bond acceptors (Lipinski definition) is 2. The molecule has 0 saturated heterocycles. The molecule has 10 rings (SSSR count). The zero-order valence-electron chi connectivity index (χ0n) is 31.1. The van der Waals surface area contributed by atoms with Crippen molar-refractivity contribution in [1.82, 2.24) is 9.97 Å². The Bertz CT molecular complexity index is 2820. The summed E-state index contributed by atoms with van der Waals surface area (Å²) < 4.78 is 0. The smallest absolute Gasteiger partial charge is 0.160 e. The summed E-state index contributed by atoms with van der Waals surface area (Å²) in [6.07, 6.45) is 8.67. The van der Waals surface area contributed by atoms with E-state index in [0.717, 1.165) is 46.8 Å². The molecule has 2 aliphatic carbocycles. The molecule has 0 bridgehead atoms. The van der Waals surface area contributed by atoms with Gasteiger partial charge in [-0.3, -0.25) is 0 Å². The normalized spacial score (nSPS) is 14.0. The molecule has 2 nitrogen and oxygen atoms in total. The van der Waals surface area contributed by atoms with Crippen LogP contribution < -0.4 is 0 Å². The largest absolute Gasteiger partial charge is 0.228 e. The molecule has 0 saturated carbocycles. The molecule has 55 heavy (non-hydrogen) atoms. The van der Waals surface area contributed by atoms with Gasteiger partial charge >= 0.3 is 0 Å². The average Bonchev–Trinajstić information content (AvgIpc) is 3.49. The van der Waals surface area contributed by atoms with Crippen LogP contribution in [0.25, 0.3) is 83.4 Å². The molecule has 262 valence electrons.